The molecule has 0 aromatic heterocycles. The number of alkyl carbamates (subject to hydrolysis) is 1. The first-order valence-corrected chi connectivity index (χ1v) is 13.4. The van der Waals surface area contributed by atoms with E-state index in [4.69, 9.17) is 20.7 Å². The summed E-state index contributed by atoms with van der Waals surface area (Å²) < 4.78 is 5.44. The smallest absolute Gasteiger partial charge is 0.407 e. The monoisotopic (exact) mass is 568 g/mol. The van der Waals surface area contributed by atoms with Crippen molar-refractivity contribution >= 4 is 18.0 Å². The average molecular weight is 569 g/mol. The highest BCUT2D eigenvalue weighted by atomic mass is 16.5. The number of carboxylic acids is 2. The Hall–Kier alpha value is -5.15. The summed E-state index contributed by atoms with van der Waals surface area (Å²) in [5.74, 6) is -2.02. The number of hydrogen-bond donors (Lipinski definition) is 5. The summed E-state index contributed by atoms with van der Waals surface area (Å²) in [4.78, 5) is 34.3. The highest BCUT2D eigenvalue weighted by Crippen LogP contribution is 2.44. The molecular weight excluding hydrogens is 536 g/mol. The first-order valence-electron chi connectivity index (χ1n) is 13.4. The topological polar surface area (TPSA) is 159 Å². The van der Waals surface area contributed by atoms with Crippen molar-refractivity contribution in [3.63, 3.8) is 0 Å². The minimum atomic E-state index is -1.10. The number of phenolic OH excluding ortho intramolecular Hbond substituents is 1. The van der Waals surface area contributed by atoms with Gasteiger partial charge in [-0.3, -0.25) is 4.79 Å². The van der Waals surface area contributed by atoms with Crippen molar-refractivity contribution in [1.29, 1.82) is 0 Å². The van der Waals surface area contributed by atoms with Crippen molar-refractivity contribution in [2.24, 2.45) is 5.73 Å². The van der Waals surface area contributed by atoms with E-state index in [1.54, 1.807) is 12.1 Å². The summed E-state index contributed by atoms with van der Waals surface area (Å²) in [5, 5.41) is 29.4. The van der Waals surface area contributed by atoms with Crippen molar-refractivity contribution < 1.29 is 34.4 Å². The maximum Gasteiger partial charge on any atom is 0.407 e. The summed E-state index contributed by atoms with van der Waals surface area (Å²) in [5.41, 5.74) is 11.5. The van der Waals surface area contributed by atoms with E-state index in [0.29, 0.717) is 0 Å². The third-order valence-corrected chi connectivity index (χ3v) is 6.93. The molecule has 216 valence electrons. The van der Waals surface area contributed by atoms with E-state index in [-0.39, 0.29) is 31.1 Å². The maximum atomic E-state index is 12.3. The molecule has 1 aliphatic carbocycles. The van der Waals surface area contributed by atoms with Gasteiger partial charge in [-0.1, -0.05) is 91.0 Å². The second-order valence-electron chi connectivity index (χ2n) is 9.87. The van der Waals surface area contributed by atoms with Crippen LogP contribution in [0.25, 0.3) is 11.1 Å². The van der Waals surface area contributed by atoms with Crippen molar-refractivity contribution in [1.82, 2.24) is 5.32 Å². The number of aliphatic carboxylic acids is 2. The lowest BCUT2D eigenvalue weighted by molar-refractivity contribution is -0.139. The molecule has 9 nitrogen and oxygen atoms in total. The number of carbonyl (C=O) groups is 3. The van der Waals surface area contributed by atoms with Crippen LogP contribution in [-0.4, -0.2) is 52.0 Å². The fraction of sp³-hybridized carbons (Fsp3) is 0.182. The molecule has 6 N–H and O–H groups in total. The Balaban J connectivity index is 0.000000262. The van der Waals surface area contributed by atoms with Gasteiger partial charge in [0.2, 0.25) is 0 Å². The van der Waals surface area contributed by atoms with Crippen LogP contribution in [0.4, 0.5) is 4.79 Å². The van der Waals surface area contributed by atoms with Crippen molar-refractivity contribution in [3.8, 4) is 16.9 Å². The second-order valence-corrected chi connectivity index (χ2v) is 9.87. The van der Waals surface area contributed by atoms with E-state index in [9.17, 15) is 19.5 Å². The standard InChI is InChI=1S/C24H21NO4.C9H11NO3/c26-23(27)22(14-16-8-2-1-3-9-16)25-24(28)29-15-21-19-12-6-4-10-17(19)18-11-5-7-13-20(18)21;10-8(9(12)13)5-6-1-3-7(11)4-2-6/h1-13,21-22H,14-15H2,(H,25,28)(H,26,27);1-4,8,11H,5,10H2,(H,12,13). The fourth-order valence-corrected chi connectivity index (χ4v) is 4.81. The van der Waals surface area contributed by atoms with E-state index >= 15 is 0 Å². The third-order valence-electron chi connectivity index (χ3n) is 6.93. The van der Waals surface area contributed by atoms with Gasteiger partial charge in [0, 0.05) is 12.3 Å². The molecule has 4 aromatic carbocycles. The van der Waals surface area contributed by atoms with Crippen molar-refractivity contribution in [2.75, 3.05) is 6.61 Å². The van der Waals surface area contributed by atoms with Crippen LogP contribution in [0.5, 0.6) is 5.75 Å². The van der Waals surface area contributed by atoms with E-state index in [1.807, 2.05) is 66.7 Å². The number of amides is 1. The molecule has 0 saturated heterocycles. The molecule has 0 radical (unpaired) electrons. The van der Waals surface area contributed by atoms with E-state index in [1.165, 1.54) is 12.1 Å². The molecular formula is C33H32N2O7. The van der Waals surface area contributed by atoms with Crippen LogP contribution in [0.2, 0.25) is 0 Å². The minimum absolute atomic E-state index is 0.0643. The molecule has 0 aliphatic heterocycles. The number of phenols is 1. The first kappa shape index (κ1) is 29.8. The molecule has 5 rings (SSSR count). The lowest BCUT2D eigenvalue weighted by Gasteiger charge is -2.17. The zero-order valence-corrected chi connectivity index (χ0v) is 22.7. The highest BCUT2D eigenvalue weighted by molar-refractivity contribution is 5.81. The number of aromatic hydroxyl groups is 1. The second kappa shape index (κ2) is 14.0. The average Bonchev–Trinajstić information content (AvgIpc) is 3.31. The van der Waals surface area contributed by atoms with Gasteiger partial charge in [0.15, 0.2) is 0 Å². The van der Waals surface area contributed by atoms with Crippen LogP contribution in [0, 0.1) is 0 Å². The van der Waals surface area contributed by atoms with Crippen LogP contribution in [0.3, 0.4) is 0 Å². The van der Waals surface area contributed by atoms with E-state index in [2.05, 4.69) is 17.4 Å². The molecule has 1 aliphatic rings. The van der Waals surface area contributed by atoms with Crippen LogP contribution < -0.4 is 11.1 Å². The fourth-order valence-electron chi connectivity index (χ4n) is 4.81. The Morgan fingerprint density at radius 3 is 1.79 bits per heavy atom. The SMILES string of the molecule is NC(Cc1ccc(O)cc1)C(=O)O.O=C(NC(Cc1ccccc1)C(=O)O)OCC1c2ccccc2-c2ccccc21. The normalized spacial score (nSPS) is 13.0. The first-order chi connectivity index (χ1) is 20.2. The summed E-state index contributed by atoms with van der Waals surface area (Å²) in [6.45, 7) is 0.150. The van der Waals surface area contributed by atoms with Crippen molar-refractivity contribution in [2.45, 2.75) is 30.8 Å². The lowest BCUT2D eigenvalue weighted by atomic mass is 9.98. The van der Waals surface area contributed by atoms with Crippen LogP contribution in [0.1, 0.15) is 28.2 Å². The zero-order valence-electron chi connectivity index (χ0n) is 22.7. The Kier molecular flexibility index (Phi) is 9.91. The van der Waals surface area contributed by atoms with Crippen LogP contribution in [-0.2, 0) is 27.2 Å². The number of carbonyl (C=O) groups excluding carboxylic acids is 1. The van der Waals surface area contributed by atoms with Gasteiger partial charge in [-0.25, -0.2) is 9.59 Å². The van der Waals surface area contributed by atoms with Gasteiger partial charge >= 0.3 is 18.0 Å². The van der Waals surface area contributed by atoms with Crippen LogP contribution >= 0.6 is 0 Å². The Bertz CT molecular complexity index is 1480. The number of ether oxygens (including phenoxy) is 1. The largest absolute Gasteiger partial charge is 0.508 e. The van der Waals surface area contributed by atoms with Gasteiger partial charge < -0.3 is 31.1 Å². The molecule has 42 heavy (non-hydrogen) atoms. The number of nitrogens with one attached hydrogen (secondary N) is 1. The highest BCUT2D eigenvalue weighted by Gasteiger charge is 2.29. The molecule has 0 bridgehead atoms. The summed E-state index contributed by atoms with van der Waals surface area (Å²) in [6.07, 6.45) is -0.258. The molecule has 1 amide bonds. The number of hydrogen-bond acceptors (Lipinski definition) is 6. The van der Waals surface area contributed by atoms with Gasteiger partial charge in [0.1, 0.15) is 24.4 Å². The van der Waals surface area contributed by atoms with Gasteiger partial charge in [0.05, 0.1) is 0 Å². The third kappa shape index (κ3) is 7.74. The quantitative estimate of drug-likeness (QED) is 0.196. The van der Waals surface area contributed by atoms with E-state index in [0.717, 1.165) is 33.4 Å². The van der Waals surface area contributed by atoms with Crippen molar-refractivity contribution in [3.05, 3.63) is 125 Å². The summed E-state index contributed by atoms with van der Waals surface area (Å²) in [6, 6.07) is 29.7. The molecule has 0 saturated carbocycles. The molecule has 0 heterocycles. The lowest BCUT2D eigenvalue weighted by Crippen LogP contribution is -2.42. The number of benzene rings is 4. The zero-order chi connectivity index (χ0) is 30.1. The molecule has 0 fully saturated rings. The van der Waals surface area contributed by atoms with Crippen LogP contribution in [0.15, 0.2) is 103 Å². The predicted octanol–water partition coefficient (Wildman–Crippen LogP) is 4.57. The molecule has 9 heteroatoms. The summed E-state index contributed by atoms with van der Waals surface area (Å²) >= 11 is 0. The number of fused-ring (bicyclic) bond motifs is 3. The number of rotatable bonds is 9. The maximum absolute atomic E-state index is 12.3. The van der Waals surface area contributed by atoms with Gasteiger partial charge in [-0.05, 0) is 51.9 Å². The van der Waals surface area contributed by atoms with E-state index < -0.39 is 30.1 Å². The Labute approximate surface area is 243 Å². The predicted molar refractivity (Wildman–Crippen MR) is 157 cm³/mol. The van der Waals surface area contributed by atoms with Gasteiger partial charge in [0.25, 0.3) is 0 Å². The number of nitrogens with two attached hydrogens (primary N) is 1. The van der Waals surface area contributed by atoms with Gasteiger partial charge in [-0.2, -0.15) is 0 Å². The molecule has 4 aromatic rings. The minimum Gasteiger partial charge on any atom is -0.508 e. The molecule has 2 atom stereocenters. The molecule has 0 spiro atoms. The Morgan fingerprint density at radius 1 is 0.714 bits per heavy atom. The summed E-state index contributed by atoms with van der Waals surface area (Å²) in [7, 11) is 0. The Morgan fingerprint density at radius 2 is 1.24 bits per heavy atom. The number of carboxylic acid groups (broad SMARTS) is 2. The molecule has 2 unspecified atom stereocenters. The van der Waals surface area contributed by atoms with Gasteiger partial charge in [-0.15, -0.1) is 0 Å².